The van der Waals surface area contributed by atoms with Gasteiger partial charge >= 0.3 is 0 Å². The first-order valence-corrected chi connectivity index (χ1v) is 21.2. The van der Waals surface area contributed by atoms with E-state index in [-0.39, 0.29) is 35.8 Å². The Morgan fingerprint density at radius 1 is 0.841 bits per heavy atom. The zero-order valence-electron chi connectivity index (χ0n) is 34.9. The third-order valence-electron chi connectivity index (χ3n) is 11.6. The van der Waals surface area contributed by atoms with E-state index in [2.05, 4.69) is 41.1 Å². The van der Waals surface area contributed by atoms with Crippen molar-refractivity contribution in [1.29, 1.82) is 0 Å². The van der Waals surface area contributed by atoms with Gasteiger partial charge in [-0.2, -0.15) is 0 Å². The minimum absolute atomic E-state index is 0.0633. The Morgan fingerprint density at radius 3 is 2.44 bits per heavy atom. The second-order valence-corrected chi connectivity index (χ2v) is 15.9. The summed E-state index contributed by atoms with van der Waals surface area (Å²) >= 11 is 0. The number of amides is 6. The first kappa shape index (κ1) is 42.4. The first-order valence-electron chi connectivity index (χ1n) is 21.2. The standard InChI is InChI=1S/C47H48N10O6/c1-30-11-16-34(27-38(30)53-47-50-22-19-36(52-47)33-7-6-20-48-28-33)51-43(60)32-14-12-31(13-15-32)29-55-23-25-56(26-24-55)41(59)10-3-2-4-21-49-37-9-5-8-35-42(37)46(63)57(45(35)62)39-17-18-40(58)54-44(39)61/h5-9,11-16,19-20,22,27-28,39,49H,2-4,10,17-18,21,23-26,29H2,1H3,(H,51,60)(H,50,52,53)(H,54,58,61). The number of hydrogen-bond acceptors (Lipinski definition) is 12. The molecule has 6 amide bonds. The van der Waals surface area contributed by atoms with Crippen LogP contribution in [0.1, 0.15) is 80.7 Å². The maximum Gasteiger partial charge on any atom is 0.264 e. The minimum Gasteiger partial charge on any atom is -0.384 e. The number of unbranched alkanes of at least 4 members (excludes halogenated alkanes) is 2. The molecule has 2 saturated heterocycles. The summed E-state index contributed by atoms with van der Waals surface area (Å²) in [6.45, 7) is 6.04. The quantitative estimate of drug-likeness (QED) is 0.0757. The van der Waals surface area contributed by atoms with E-state index in [0.717, 1.165) is 65.3 Å². The van der Waals surface area contributed by atoms with Crippen LogP contribution in [-0.2, 0) is 20.9 Å². The second-order valence-electron chi connectivity index (χ2n) is 15.9. The minimum atomic E-state index is -1.01. The lowest BCUT2D eigenvalue weighted by Gasteiger charge is -2.35. The average Bonchev–Trinajstić information content (AvgIpc) is 3.55. The molecular formula is C47H48N10O6. The molecule has 0 spiro atoms. The highest BCUT2D eigenvalue weighted by molar-refractivity contribution is 6.25. The van der Waals surface area contributed by atoms with Crippen LogP contribution in [0.25, 0.3) is 11.3 Å². The van der Waals surface area contributed by atoms with Crippen LogP contribution in [0.4, 0.5) is 23.0 Å². The van der Waals surface area contributed by atoms with Gasteiger partial charge in [0, 0.05) is 98.9 Å². The second kappa shape index (κ2) is 19.2. The number of nitrogens with zero attached hydrogens (tertiary/aromatic N) is 6. The van der Waals surface area contributed by atoms with Crippen molar-refractivity contribution in [2.75, 3.05) is 48.7 Å². The van der Waals surface area contributed by atoms with E-state index in [9.17, 15) is 28.8 Å². The zero-order chi connectivity index (χ0) is 43.9. The van der Waals surface area contributed by atoms with Gasteiger partial charge in [-0.25, -0.2) is 9.97 Å². The van der Waals surface area contributed by atoms with Crippen molar-refractivity contribution in [2.45, 2.75) is 58.0 Å². The van der Waals surface area contributed by atoms with Crippen molar-refractivity contribution < 1.29 is 28.8 Å². The number of anilines is 4. The van der Waals surface area contributed by atoms with E-state index in [1.54, 1.807) is 36.8 Å². The highest BCUT2D eigenvalue weighted by atomic mass is 16.2. The Labute approximate surface area is 364 Å². The number of carbonyl (C=O) groups is 6. The van der Waals surface area contributed by atoms with E-state index in [1.165, 1.54) is 0 Å². The lowest BCUT2D eigenvalue weighted by atomic mass is 10.0. The van der Waals surface area contributed by atoms with E-state index in [0.29, 0.717) is 55.5 Å². The summed E-state index contributed by atoms with van der Waals surface area (Å²) < 4.78 is 0. The Kier molecular flexibility index (Phi) is 12.9. The summed E-state index contributed by atoms with van der Waals surface area (Å²) in [5, 5.41) is 11.8. The van der Waals surface area contributed by atoms with Gasteiger partial charge in [0.1, 0.15) is 6.04 Å². The van der Waals surface area contributed by atoms with Gasteiger partial charge < -0.3 is 20.9 Å². The van der Waals surface area contributed by atoms with Crippen molar-refractivity contribution >= 4 is 58.5 Å². The molecule has 8 rings (SSSR count). The topological polar surface area (TPSA) is 199 Å². The number of carbonyl (C=O) groups excluding carboxylic acids is 6. The molecule has 3 aromatic carbocycles. The summed E-state index contributed by atoms with van der Waals surface area (Å²) in [6, 6.07) is 22.9. The van der Waals surface area contributed by atoms with Gasteiger partial charge in [-0.15, -0.1) is 0 Å². The van der Waals surface area contributed by atoms with Crippen molar-refractivity contribution in [3.8, 4) is 11.3 Å². The fourth-order valence-corrected chi connectivity index (χ4v) is 8.05. The molecule has 0 saturated carbocycles. The SMILES string of the molecule is Cc1ccc(NC(=O)c2ccc(CN3CCN(C(=O)CCCCCNc4cccc5c4C(=O)N(C4CCC(=O)NC4=O)C5=O)CC3)cc2)cc1Nc1nccc(-c2cccnc2)n1. The average molecular weight is 849 g/mol. The van der Waals surface area contributed by atoms with Crippen LogP contribution in [0.3, 0.4) is 0 Å². The number of piperidine rings is 1. The summed E-state index contributed by atoms with van der Waals surface area (Å²) in [4.78, 5) is 95.1. The third kappa shape index (κ3) is 9.92. The maximum atomic E-state index is 13.3. The van der Waals surface area contributed by atoms with Crippen molar-refractivity contribution in [3.05, 3.63) is 125 Å². The summed E-state index contributed by atoms with van der Waals surface area (Å²) in [7, 11) is 0. The van der Waals surface area contributed by atoms with Crippen LogP contribution in [0, 0.1) is 6.92 Å². The molecule has 322 valence electrons. The molecule has 0 aliphatic carbocycles. The van der Waals surface area contributed by atoms with Gasteiger partial charge in [0.15, 0.2) is 0 Å². The van der Waals surface area contributed by atoms with Crippen LogP contribution >= 0.6 is 0 Å². The molecular weight excluding hydrogens is 801 g/mol. The van der Waals surface area contributed by atoms with E-state index in [4.69, 9.17) is 0 Å². The van der Waals surface area contributed by atoms with Crippen LogP contribution in [-0.4, -0.2) is 104 Å². The Balaban J connectivity index is 0.739. The molecule has 5 heterocycles. The largest absolute Gasteiger partial charge is 0.384 e. The molecule has 63 heavy (non-hydrogen) atoms. The van der Waals surface area contributed by atoms with Gasteiger partial charge in [0.25, 0.3) is 17.7 Å². The molecule has 3 aliphatic rings. The predicted molar refractivity (Wildman–Crippen MR) is 236 cm³/mol. The van der Waals surface area contributed by atoms with Crippen molar-refractivity contribution in [1.82, 2.24) is 35.0 Å². The smallest absolute Gasteiger partial charge is 0.264 e. The third-order valence-corrected chi connectivity index (χ3v) is 11.6. The number of imide groups is 2. The summed E-state index contributed by atoms with van der Waals surface area (Å²) in [5.74, 6) is -1.79. The van der Waals surface area contributed by atoms with Crippen LogP contribution in [0.5, 0.6) is 0 Å². The highest BCUT2D eigenvalue weighted by Gasteiger charge is 2.45. The lowest BCUT2D eigenvalue weighted by molar-refractivity contribution is -0.136. The zero-order valence-corrected chi connectivity index (χ0v) is 34.9. The number of aromatic nitrogens is 3. The van der Waals surface area contributed by atoms with Gasteiger partial charge in [-0.3, -0.25) is 48.9 Å². The van der Waals surface area contributed by atoms with Crippen molar-refractivity contribution in [3.63, 3.8) is 0 Å². The summed E-state index contributed by atoms with van der Waals surface area (Å²) in [6.07, 6.45) is 8.06. The molecule has 1 atom stereocenters. The number of nitrogens with one attached hydrogen (secondary N) is 4. The summed E-state index contributed by atoms with van der Waals surface area (Å²) in [5.41, 5.74) is 6.63. The molecule has 5 aromatic rings. The molecule has 2 aromatic heterocycles. The van der Waals surface area contributed by atoms with E-state index < -0.39 is 29.7 Å². The van der Waals surface area contributed by atoms with Gasteiger partial charge in [-0.1, -0.05) is 30.7 Å². The Hall–Kier alpha value is -7.33. The highest BCUT2D eigenvalue weighted by Crippen LogP contribution is 2.32. The predicted octanol–water partition coefficient (Wildman–Crippen LogP) is 5.56. The monoisotopic (exact) mass is 848 g/mol. The maximum absolute atomic E-state index is 13.3. The molecule has 16 heteroatoms. The van der Waals surface area contributed by atoms with Gasteiger partial charge in [0.2, 0.25) is 23.7 Å². The van der Waals surface area contributed by atoms with E-state index >= 15 is 0 Å². The first-order chi connectivity index (χ1) is 30.6. The fourth-order valence-electron chi connectivity index (χ4n) is 8.05. The number of rotatable bonds is 15. The van der Waals surface area contributed by atoms with Crippen LogP contribution < -0.4 is 21.3 Å². The molecule has 4 N–H and O–H groups in total. The number of fused-ring (bicyclic) bond motifs is 1. The Bertz CT molecular complexity index is 2540. The van der Waals surface area contributed by atoms with Crippen molar-refractivity contribution in [2.24, 2.45) is 0 Å². The number of benzene rings is 3. The van der Waals surface area contributed by atoms with Gasteiger partial charge in [-0.05, 0) is 91.9 Å². The van der Waals surface area contributed by atoms with Crippen LogP contribution in [0.15, 0.2) is 97.5 Å². The van der Waals surface area contributed by atoms with Gasteiger partial charge in [0.05, 0.1) is 16.8 Å². The molecule has 1 unspecified atom stereocenters. The molecule has 16 nitrogen and oxygen atoms in total. The number of aryl methyl sites for hydroxylation is 1. The molecule has 0 radical (unpaired) electrons. The number of pyridine rings is 1. The Morgan fingerprint density at radius 2 is 1.67 bits per heavy atom. The molecule has 3 aliphatic heterocycles. The number of piperazine rings is 1. The normalized spacial score (nSPS) is 16.4. The van der Waals surface area contributed by atoms with Crippen LogP contribution in [0.2, 0.25) is 0 Å². The van der Waals surface area contributed by atoms with E-state index in [1.807, 2.05) is 72.5 Å². The molecule has 0 bridgehead atoms. The molecule has 2 fully saturated rings. The number of hydrogen-bond donors (Lipinski definition) is 4. The fraction of sp³-hybridized carbons (Fsp3) is 0.298. The lowest BCUT2D eigenvalue weighted by Crippen LogP contribution is -2.54.